The van der Waals surface area contributed by atoms with Crippen molar-refractivity contribution in [3.8, 4) is 16.9 Å². The highest BCUT2D eigenvalue weighted by Gasteiger charge is 2.25. The zero-order chi connectivity index (χ0) is 18.5. The van der Waals surface area contributed by atoms with Gasteiger partial charge in [-0.3, -0.25) is 4.79 Å². The maximum Gasteiger partial charge on any atom is 0.263 e. The molecule has 26 heavy (non-hydrogen) atoms. The molecule has 0 spiro atoms. The van der Waals surface area contributed by atoms with E-state index in [4.69, 9.17) is 4.74 Å². The Hall–Kier alpha value is -1.85. The van der Waals surface area contributed by atoms with Gasteiger partial charge in [-0.25, -0.2) is 0 Å². The van der Waals surface area contributed by atoms with Gasteiger partial charge in [0, 0.05) is 18.0 Å². The molecule has 0 saturated carbocycles. The van der Waals surface area contributed by atoms with Crippen LogP contribution in [-0.4, -0.2) is 44.6 Å². The van der Waals surface area contributed by atoms with Crippen LogP contribution in [0.4, 0.5) is 0 Å². The summed E-state index contributed by atoms with van der Waals surface area (Å²) in [6, 6.07) is 10.1. The molecule has 0 unspecified atom stereocenters. The van der Waals surface area contributed by atoms with Crippen LogP contribution in [0.15, 0.2) is 30.3 Å². The van der Waals surface area contributed by atoms with Crippen LogP contribution in [0, 0.1) is 12.8 Å². The summed E-state index contributed by atoms with van der Waals surface area (Å²) in [5.41, 5.74) is 2.27. The van der Waals surface area contributed by atoms with E-state index in [1.165, 1.54) is 11.3 Å². The molecule has 0 atom stereocenters. The number of aryl methyl sites for hydroxylation is 1. The monoisotopic (exact) mass is 372 g/mol. The normalized spacial score (nSPS) is 15.3. The number of nitrogens with one attached hydrogen (secondary N) is 1. The van der Waals surface area contributed by atoms with Crippen molar-refractivity contribution < 1.29 is 9.53 Å². The number of piperidine rings is 1. The average Bonchev–Trinajstić information content (AvgIpc) is 3.08. The fraction of sp³-hybridized carbons (Fsp3) is 0.476. The molecule has 1 N–H and O–H groups in total. The van der Waals surface area contributed by atoms with Gasteiger partial charge in [0.05, 0.1) is 12.0 Å². The predicted octanol–water partition coefficient (Wildman–Crippen LogP) is 4.19. The van der Waals surface area contributed by atoms with Crippen molar-refractivity contribution in [2.45, 2.75) is 26.2 Å². The molecule has 1 aliphatic rings. The Bertz CT molecular complexity index is 731. The second-order valence-electron chi connectivity index (χ2n) is 6.94. The lowest BCUT2D eigenvalue weighted by molar-refractivity contribution is 0.0692. The van der Waals surface area contributed by atoms with E-state index in [2.05, 4.69) is 30.4 Å². The summed E-state index contributed by atoms with van der Waals surface area (Å²) in [5.74, 6) is 1.77. The topological polar surface area (TPSA) is 41.6 Å². The summed E-state index contributed by atoms with van der Waals surface area (Å²) in [7, 11) is 3.67. The Balaban J connectivity index is 1.67. The number of ether oxygens (including phenoxy) is 1. The van der Waals surface area contributed by atoms with Gasteiger partial charge in [0.2, 0.25) is 0 Å². The summed E-state index contributed by atoms with van der Waals surface area (Å²) < 4.78 is 5.23. The van der Waals surface area contributed by atoms with Crippen LogP contribution in [-0.2, 0) is 0 Å². The number of rotatable bonds is 6. The van der Waals surface area contributed by atoms with Crippen molar-refractivity contribution in [2.75, 3.05) is 33.8 Å². The number of hydrogen-bond acceptors (Lipinski definition) is 4. The lowest BCUT2D eigenvalue weighted by atomic mass is 9.93. The number of thiophene rings is 1. The third-order valence-electron chi connectivity index (χ3n) is 5.23. The zero-order valence-corrected chi connectivity index (χ0v) is 16.7. The van der Waals surface area contributed by atoms with Gasteiger partial charge < -0.3 is 15.0 Å². The van der Waals surface area contributed by atoms with E-state index < -0.39 is 0 Å². The van der Waals surface area contributed by atoms with Gasteiger partial charge in [0.1, 0.15) is 5.75 Å². The Morgan fingerprint density at radius 3 is 2.58 bits per heavy atom. The molecule has 2 aromatic rings. The molecule has 1 aromatic heterocycles. The maximum absolute atomic E-state index is 12.9. The van der Waals surface area contributed by atoms with Crippen molar-refractivity contribution in [3.63, 3.8) is 0 Å². The standard InChI is InChI=1S/C21H28N2O2S/c1-15-19(17-4-6-18(25-3)7-5-17)14-20(26-15)21(24)23-12-9-16(10-13-23)8-11-22-2/h4-7,14,16,22H,8-13H2,1-3H3. The predicted molar refractivity (Wildman–Crippen MR) is 108 cm³/mol. The van der Waals surface area contributed by atoms with Crippen LogP contribution >= 0.6 is 11.3 Å². The van der Waals surface area contributed by atoms with Crippen LogP contribution < -0.4 is 10.1 Å². The van der Waals surface area contributed by atoms with Crippen LogP contribution in [0.1, 0.15) is 33.8 Å². The molecule has 2 heterocycles. The lowest BCUT2D eigenvalue weighted by Crippen LogP contribution is -2.38. The first-order chi connectivity index (χ1) is 12.6. The fourth-order valence-electron chi connectivity index (χ4n) is 3.57. The summed E-state index contributed by atoms with van der Waals surface area (Å²) in [6.45, 7) is 4.91. The molecule has 5 heteroatoms. The molecule has 0 bridgehead atoms. The SMILES string of the molecule is CNCCC1CCN(C(=O)c2cc(-c3ccc(OC)cc3)c(C)s2)CC1. The Labute approximate surface area is 160 Å². The third-order valence-corrected chi connectivity index (χ3v) is 6.27. The maximum atomic E-state index is 12.9. The Kier molecular flexibility index (Phi) is 6.33. The van der Waals surface area contributed by atoms with E-state index in [0.717, 1.165) is 60.1 Å². The molecule has 140 valence electrons. The molecule has 0 aliphatic carbocycles. The first-order valence-electron chi connectivity index (χ1n) is 9.31. The van der Waals surface area contributed by atoms with Crippen LogP contribution in [0.5, 0.6) is 5.75 Å². The lowest BCUT2D eigenvalue weighted by Gasteiger charge is -2.31. The molecule has 3 rings (SSSR count). The summed E-state index contributed by atoms with van der Waals surface area (Å²) >= 11 is 1.60. The van der Waals surface area contributed by atoms with Crippen molar-refractivity contribution in [3.05, 3.63) is 40.1 Å². The number of carbonyl (C=O) groups is 1. The van der Waals surface area contributed by atoms with Crippen LogP contribution in [0.25, 0.3) is 11.1 Å². The van der Waals surface area contributed by atoms with Crippen LogP contribution in [0.2, 0.25) is 0 Å². The molecule has 1 fully saturated rings. The minimum Gasteiger partial charge on any atom is -0.497 e. The third kappa shape index (κ3) is 4.27. The van der Waals surface area contributed by atoms with E-state index in [0.29, 0.717) is 0 Å². The molecule has 1 aliphatic heterocycles. The Morgan fingerprint density at radius 2 is 1.96 bits per heavy atom. The number of benzene rings is 1. The van der Waals surface area contributed by atoms with E-state index in [1.807, 2.05) is 24.1 Å². The van der Waals surface area contributed by atoms with E-state index in [-0.39, 0.29) is 5.91 Å². The molecule has 4 nitrogen and oxygen atoms in total. The van der Waals surface area contributed by atoms with Gasteiger partial charge in [-0.1, -0.05) is 12.1 Å². The number of likely N-dealkylation sites (tertiary alicyclic amines) is 1. The number of hydrogen-bond donors (Lipinski definition) is 1. The summed E-state index contributed by atoms with van der Waals surface area (Å²) in [6.07, 6.45) is 3.44. The largest absolute Gasteiger partial charge is 0.497 e. The first-order valence-corrected chi connectivity index (χ1v) is 10.1. The molecular formula is C21H28N2O2S. The second kappa shape index (κ2) is 8.69. The second-order valence-corrected chi connectivity index (χ2v) is 8.19. The fourth-order valence-corrected chi connectivity index (χ4v) is 4.58. The van der Waals surface area contributed by atoms with Gasteiger partial charge >= 0.3 is 0 Å². The quantitative estimate of drug-likeness (QED) is 0.826. The smallest absolute Gasteiger partial charge is 0.263 e. The summed E-state index contributed by atoms with van der Waals surface area (Å²) in [4.78, 5) is 17.0. The van der Waals surface area contributed by atoms with Gasteiger partial charge in [0.15, 0.2) is 0 Å². The highest BCUT2D eigenvalue weighted by molar-refractivity contribution is 7.14. The molecule has 1 amide bonds. The van der Waals surface area contributed by atoms with Crippen molar-refractivity contribution in [1.82, 2.24) is 10.2 Å². The van der Waals surface area contributed by atoms with Crippen molar-refractivity contribution >= 4 is 17.2 Å². The van der Waals surface area contributed by atoms with Crippen molar-refractivity contribution in [2.24, 2.45) is 5.92 Å². The van der Waals surface area contributed by atoms with Crippen LogP contribution in [0.3, 0.4) is 0 Å². The molecular weight excluding hydrogens is 344 g/mol. The minimum atomic E-state index is 0.185. The average molecular weight is 373 g/mol. The summed E-state index contributed by atoms with van der Waals surface area (Å²) in [5, 5.41) is 3.22. The zero-order valence-electron chi connectivity index (χ0n) is 15.9. The van der Waals surface area contributed by atoms with E-state index >= 15 is 0 Å². The highest BCUT2D eigenvalue weighted by atomic mass is 32.1. The minimum absolute atomic E-state index is 0.185. The first kappa shape index (κ1) is 18.9. The number of amides is 1. The Morgan fingerprint density at radius 1 is 1.27 bits per heavy atom. The molecule has 0 radical (unpaired) electrons. The van der Waals surface area contributed by atoms with Gasteiger partial charge in [0.25, 0.3) is 5.91 Å². The number of nitrogens with zero attached hydrogens (tertiary/aromatic N) is 1. The van der Waals surface area contributed by atoms with E-state index in [9.17, 15) is 4.79 Å². The number of carbonyl (C=O) groups excluding carboxylic acids is 1. The molecule has 1 saturated heterocycles. The highest BCUT2D eigenvalue weighted by Crippen LogP contribution is 2.33. The molecule has 1 aromatic carbocycles. The van der Waals surface area contributed by atoms with Gasteiger partial charge in [-0.05, 0) is 75.0 Å². The van der Waals surface area contributed by atoms with Gasteiger partial charge in [-0.2, -0.15) is 0 Å². The van der Waals surface area contributed by atoms with Crippen molar-refractivity contribution in [1.29, 1.82) is 0 Å². The number of methoxy groups -OCH3 is 1. The van der Waals surface area contributed by atoms with E-state index in [1.54, 1.807) is 18.4 Å². The van der Waals surface area contributed by atoms with Gasteiger partial charge in [-0.15, -0.1) is 11.3 Å².